The van der Waals surface area contributed by atoms with Gasteiger partial charge in [-0.15, -0.1) is 24.2 Å². The molecule has 3 N–H and O–H groups in total. The summed E-state index contributed by atoms with van der Waals surface area (Å²) in [6.45, 7) is 6.40. The number of thioether (sulfide) groups is 1. The number of benzene rings is 1. The van der Waals surface area contributed by atoms with Gasteiger partial charge in [0.05, 0.1) is 16.1 Å². The van der Waals surface area contributed by atoms with Crippen LogP contribution in [0.25, 0.3) is 0 Å². The maximum atomic E-state index is 12.4. The number of carbonyl (C=O) groups excluding carboxylic acids is 1. The molecule has 0 aliphatic heterocycles. The van der Waals surface area contributed by atoms with Gasteiger partial charge < -0.3 is 11.1 Å². The first-order chi connectivity index (χ1) is 8.84. The molecule has 1 aromatic rings. The Morgan fingerprint density at radius 1 is 1.50 bits per heavy atom. The molecule has 0 bridgehead atoms. The Labute approximate surface area is 136 Å². The van der Waals surface area contributed by atoms with Crippen molar-refractivity contribution in [3.8, 4) is 0 Å². The minimum atomic E-state index is -0.435. The van der Waals surface area contributed by atoms with E-state index in [-0.39, 0.29) is 24.2 Å². The van der Waals surface area contributed by atoms with Crippen LogP contribution in [0, 0.1) is 5.92 Å². The molecule has 1 aromatic carbocycles. The quantitative estimate of drug-likeness (QED) is 0.808. The van der Waals surface area contributed by atoms with E-state index in [0.717, 1.165) is 4.90 Å². The van der Waals surface area contributed by atoms with Crippen molar-refractivity contribution >= 4 is 41.7 Å². The summed E-state index contributed by atoms with van der Waals surface area (Å²) in [6, 6.07) is 5.45. The number of hydrogen-bond acceptors (Lipinski definition) is 3. The van der Waals surface area contributed by atoms with E-state index < -0.39 is 5.54 Å². The van der Waals surface area contributed by atoms with Crippen molar-refractivity contribution in [1.82, 2.24) is 5.32 Å². The molecule has 1 atom stereocenters. The van der Waals surface area contributed by atoms with Crippen molar-refractivity contribution in [1.29, 1.82) is 0 Å². The van der Waals surface area contributed by atoms with E-state index in [2.05, 4.69) is 5.32 Å². The maximum absolute atomic E-state index is 12.4. The molecule has 114 valence electrons. The number of carbonyl (C=O) groups is 1. The van der Waals surface area contributed by atoms with Gasteiger partial charge in [0.15, 0.2) is 0 Å². The van der Waals surface area contributed by atoms with Gasteiger partial charge in [0, 0.05) is 11.4 Å². The average molecular weight is 337 g/mol. The molecular formula is C14H22Cl2N2OS. The first kappa shape index (κ1) is 19.6. The van der Waals surface area contributed by atoms with Gasteiger partial charge in [-0.05, 0) is 37.3 Å². The van der Waals surface area contributed by atoms with Crippen molar-refractivity contribution in [3.05, 3.63) is 28.8 Å². The topological polar surface area (TPSA) is 55.1 Å². The lowest BCUT2D eigenvalue weighted by Gasteiger charge is -2.33. The normalized spacial score (nSPS) is 13.6. The zero-order valence-corrected chi connectivity index (χ0v) is 14.6. The molecule has 0 aromatic heterocycles. The average Bonchev–Trinajstić information content (AvgIpc) is 2.38. The summed E-state index contributed by atoms with van der Waals surface area (Å²) in [4.78, 5) is 13.4. The Bertz CT molecular complexity index is 468. The predicted molar refractivity (Wildman–Crippen MR) is 90.2 cm³/mol. The van der Waals surface area contributed by atoms with E-state index in [1.165, 1.54) is 0 Å². The number of rotatable bonds is 5. The molecule has 0 fully saturated rings. The molecule has 1 unspecified atom stereocenters. The van der Waals surface area contributed by atoms with Gasteiger partial charge in [-0.1, -0.05) is 25.4 Å². The standard InChI is InChI=1S/C14H21ClN2OS.ClH/c1-9(2)14(3,8-16)17-13(18)11-7-10(19-4)5-6-12(11)15;/h5-7,9H,8,16H2,1-4H3,(H,17,18);1H. The van der Waals surface area contributed by atoms with E-state index in [1.807, 2.05) is 33.1 Å². The SMILES string of the molecule is CSc1ccc(Cl)c(C(=O)NC(C)(CN)C(C)C)c1.Cl. The highest BCUT2D eigenvalue weighted by atomic mass is 35.5. The van der Waals surface area contributed by atoms with Crippen LogP contribution >= 0.6 is 35.8 Å². The van der Waals surface area contributed by atoms with Gasteiger partial charge >= 0.3 is 0 Å². The number of halogens is 2. The van der Waals surface area contributed by atoms with Crippen LogP contribution in [0.1, 0.15) is 31.1 Å². The zero-order valence-electron chi connectivity index (χ0n) is 12.2. The predicted octanol–water partition coefficient (Wildman–Crippen LogP) is 3.59. The van der Waals surface area contributed by atoms with Gasteiger partial charge in [-0.3, -0.25) is 4.79 Å². The highest BCUT2D eigenvalue weighted by Gasteiger charge is 2.29. The molecule has 3 nitrogen and oxygen atoms in total. The van der Waals surface area contributed by atoms with Gasteiger partial charge in [0.1, 0.15) is 0 Å². The molecule has 6 heteroatoms. The molecule has 0 saturated carbocycles. The van der Waals surface area contributed by atoms with Crippen LogP contribution in [-0.2, 0) is 0 Å². The van der Waals surface area contributed by atoms with Gasteiger partial charge in [-0.25, -0.2) is 0 Å². The minimum Gasteiger partial charge on any atom is -0.345 e. The minimum absolute atomic E-state index is 0. The van der Waals surface area contributed by atoms with Crippen molar-refractivity contribution in [2.24, 2.45) is 11.7 Å². The second-order valence-electron chi connectivity index (χ2n) is 5.08. The second kappa shape index (κ2) is 8.13. The summed E-state index contributed by atoms with van der Waals surface area (Å²) in [7, 11) is 0. The summed E-state index contributed by atoms with van der Waals surface area (Å²) in [6.07, 6.45) is 1.96. The summed E-state index contributed by atoms with van der Waals surface area (Å²) < 4.78 is 0. The molecule has 0 heterocycles. The molecule has 0 spiro atoms. The third-order valence-electron chi connectivity index (χ3n) is 3.52. The smallest absolute Gasteiger partial charge is 0.253 e. The van der Waals surface area contributed by atoms with Crippen molar-refractivity contribution in [2.45, 2.75) is 31.2 Å². The molecule has 0 radical (unpaired) electrons. The fourth-order valence-corrected chi connectivity index (χ4v) is 2.21. The summed E-state index contributed by atoms with van der Waals surface area (Å²) in [5.41, 5.74) is 5.84. The molecule has 0 aliphatic carbocycles. The van der Waals surface area contributed by atoms with Gasteiger partial charge in [-0.2, -0.15) is 0 Å². The maximum Gasteiger partial charge on any atom is 0.253 e. The largest absolute Gasteiger partial charge is 0.345 e. The fourth-order valence-electron chi connectivity index (χ4n) is 1.56. The fraction of sp³-hybridized carbons (Fsp3) is 0.500. The lowest BCUT2D eigenvalue weighted by molar-refractivity contribution is 0.0883. The molecule has 20 heavy (non-hydrogen) atoms. The highest BCUT2D eigenvalue weighted by Crippen LogP contribution is 2.24. The molecule has 1 amide bonds. The zero-order chi connectivity index (χ0) is 14.6. The lowest BCUT2D eigenvalue weighted by atomic mass is 9.88. The Balaban J connectivity index is 0.00000361. The Morgan fingerprint density at radius 3 is 2.55 bits per heavy atom. The third-order valence-corrected chi connectivity index (χ3v) is 4.57. The van der Waals surface area contributed by atoms with Crippen LogP contribution < -0.4 is 11.1 Å². The monoisotopic (exact) mass is 336 g/mol. The lowest BCUT2D eigenvalue weighted by Crippen LogP contribution is -2.55. The van der Waals surface area contributed by atoms with Crippen LogP contribution in [0.4, 0.5) is 0 Å². The van der Waals surface area contributed by atoms with Crippen LogP contribution in [0.5, 0.6) is 0 Å². The van der Waals surface area contributed by atoms with Crippen molar-refractivity contribution in [2.75, 3.05) is 12.8 Å². The summed E-state index contributed by atoms with van der Waals surface area (Å²) in [5, 5.41) is 3.45. The summed E-state index contributed by atoms with van der Waals surface area (Å²) in [5.74, 6) is 0.0616. The Morgan fingerprint density at radius 2 is 2.10 bits per heavy atom. The number of nitrogens with one attached hydrogen (secondary N) is 1. The van der Waals surface area contributed by atoms with Crippen LogP contribution in [-0.4, -0.2) is 24.2 Å². The number of amides is 1. The summed E-state index contributed by atoms with van der Waals surface area (Å²) >= 11 is 7.67. The van der Waals surface area contributed by atoms with E-state index in [0.29, 0.717) is 17.1 Å². The first-order valence-corrected chi connectivity index (χ1v) is 7.80. The van der Waals surface area contributed by atoms with Crippen LogP contribution in [0.15, 0.2) is 23.1 Å². The van der Waals surface area contributed by atoms with Crippen LogP contribution in [0.3, 0.4) is 0 Å². The van der Waals surface area contributed by atoms with Gasteiger partial charge in [0.25, 0.3) is 5.91 Å². The van der Waals surface area contributed by atoms with E-state index in [4.69, 9.17) is 17.3 Å². The number of nitrogens with two attached hydrogens (primary N) is 1. The molecule has 0 saturated heterocycles. The third kappa shape index (κ3) is 4.55. The van der Waals surface area contributed by atoms with Crippen LogP contribution in [0.2, 0.25) is 5.02 Å². The van der Waals surface area contributed by atoms with E-state index in [1.54, 1.807) is 23.9 Å². The highest BCUT2D eigenvalue weighted by molar-refractivity contribution is 7.98. The Kier molecular flexibility index (Phi) is 7.96. The Hall–Kier alpha value is -0.420. The van der Waals surface area contributed by atoms with Crippen molar-refractivity contribution < 1.29 is 4.79 Å². The first-order valence-electron chi connectivity index (χ1n) is 6.20. The molecule has 0 aliphatic rings. The number of hydrogen-bond donors (Lipinski definition) is 2. The molecular weight excluding hydrogens is 315 g/mol. The molecule has 1 rings (SSSR count). The second-order valence-corrected chi connectivity index (χ2v) is 6.36. The van der Waals surface area contributed by atoms with E-state index >= 15 is 0 Å². The van der Waals surface area contributed by atoms with Gasteiger partial charge in [0.2, 0.25) is 0 Å². The van der Waals surface area contributed by atoms with E-state index in [9.17, 15) is 4.79 Å². The van der Waals surface area contributed by atoms with Crippen molar-refractivity contribution in [3.63, 3.8) is 0 Å².